The third-order valence-electron chi connectivity index (χ3n) is 6.41. The Morgan fingerprint density at radius 1 is 1.00 bits per heavy atom. The van der Waals surface area contributed by atoms with E-state index >= 15 is 0 Å². The van der Waals surface area contributed by atoms with Gasteiger partial charge >= 0.3 is 0 Å². The molecule has 2 heterocycles. The molecule has 1 saturated carbocycles. The largest absolute Gasteiger partial charge is 0.379 e. The Morgan fingerprint density at radius 3 is 2.50 bits per heavy atom. The van der Waals surface area contributed by atoms with Gasteiger partial charge < -0.3 is 10.1 Å². The molecule has 30 heavy (non-hydrogen) atoms. The zero-order valence-electron chi connectivity index (χ0n) is 17.5. The molecular formula is C23H31N3O4. The number of rotatable bonds is 7. The number of amides is 3. The molecule has 2 aliphatic heterocycles. The summed E-state index contributed by atoms with van der Waals surface area (Å²) in [4.78, 5) is 42.0. The molecule has 1 aliphatic carbocycles. The first kappa shape index (κ1) is 21.0. The van der Waals surface area contributed by atoms with Crippen LogP contribution in [0.25, 0.3) is 0 Å². The smallest absolute Gasteiger partial charge is 0.261 e. The quantitative estimate of drug-likeness (QED) is 0.549. The lowest BCUT2D eigenvalue weighted by Crippen LogP contribution is -2.40. The van der Waals surface area contributed by atoms with Crippen LogP contribution in [0.4, 0.5) is 0 Å². The summed E-state index contributed by atoms with van der Waals surface area (Å²) in [7, 11) is 0. The van der Waals surface area contributed by atoms with Gasteiger partial charge in [-0.2, -0.15) is 0 Å². The molecule has 0 atom stereocenters. The maximum absolute atomic E-state index is 12.9. The highest BCUT2D eigenvalue weighted by Gasteiger charge is 2.40. The first-order chi connectivity index (χ1) is 14.6. The van der Waals surface area contributed by atoms with Gasteiger partial charge in [0.2, 0.25) is 0 Å². The van der Waals surface area contributed by atoms with E-state index in [9.17, 15) is 14.4 Å². The van der Waals surface area contributed by atoms with Crippen molar-refractivity contribution in [2.24, 2.45) is 0 Å². The van der Waals surface area contributed by atoms with Gasteiger partial charge in [0, 0.05) is 31.2 Å². The molecular weight excluding hydrogens is 382 g/mol. The monoisotopic (exact) mass is 413 g/mol. The van der Waals surface area contributed by atoms with E-state index in [1.54, 1.807) is 18.2 Å². The predicted molar refractivity (Wildman–Crippen MR) is 113 cm³/mol. The van der Waals surface area contributed by atoms with Gasteiger partial charge in [0.15, 0.2) is 0 Å². The Kier molecular flexibility index (Phi) is 6.79. The molecule has 0 bridgehead atoms. The minimum absolute atomic E-state index is 0.00473. The van der Waals surface area contributed by atoms with Gasteiger partial charge in [0.1, 0.15) is 0 Å². The number of morpholine rings is 1. The fraction of sp³-hybridized carbons (Fsp3) is 0.609. The molecule has 7 heteroatoms. The molecule has 1 saturated heterocycles. The lowest BCUT2D eigenvalue weighted by molar-refractivity contribution is 0.0372. The van der Waals surface area contributed by atoms with Crippen molar-refractivity contribution in [1.82, 2.24) is 15.1 Å². The second-order valence-electron chi connectivity index (χ2n) is 8.45. The van der Waals surface area contributed by atoms with E-state index in [-0.39, 0.29) is 23.8 Å². The van der Waals surface area contributed by atoms with E-state index in [2.05, 4.69) is 10.2 Å². The van der Waals surface area contributed by atoms with Crippen molar-refractivity contribution < 1.29 is 19.1 Å². The third kappa shape index (κ3) is 4.57. The minimum atomic E-state index is -0.248. The van der Waals surface area contributed by atoms with Crippen molar-refractivity contribution in [3.05, 3.63) is 34.9 Å². The molecule has 1 aromatic carbocycles. The van der Waals surface area contributed by atoms with E-state index in [0.717, 1.165) is 77.8 Å². The van der Waals surface area contributed by atoms with E-state index in [1.165, 1.54) is 4.90 Å². The number of hydrogen-bond donors (Lipinski definition) is 1. The van der Waals surface area contributed by atoms with Crippen molar-refractivity contribution in [3.8, 4) is 0 Å². The minimum Gasteiger partial charge on any atom is -0.379 e. The summed E-state index contributed by atoms with van der Waals surface area (Å²) >= 11 is 0. The topological polar surface area (TPSA) is 79.0 Å². The second kappa shape index (κ2) is 9.71. The average molecular weight is 414 g/mol. The van der Waals surface area contributed by atoms with Gasteiger partial charge in [-0.1, -0.05) is 19.3 Å². The Hall–Kier alpha value is -2.25. The molecule has 4 rings (SSSR count). The van der Waals surface area contributed by atoms with Crippen LogP contribution < -0.4 is 5.32 Å². The maximum Gasteiger partial charge on any atom is 0.261 e. The van der Waals surface area contributed by atoms with Gasteiger partial charge in [-0.05, 0) is 50.4 Å². The number of nitrogens with zero attached hydrogens (tertiary/aromatic N) is 2. The van der Waals surface area contributed by atoms with Crippen molar-refractivity contribution >= 4 is 17.7 Å². The van der Waals surface area contributed by atoms with Crippen LogP contribution in [0, 0.1) is 0 Å². The third-order valence-corrected chi connectivity index (χ3v) is 6.41. The van der Waals surface area contributed by atoms with E-state index < -0.39 is 0 Å². The predicted octanol–water partition coefficient (Wildman–Crippen LogP) is 2.46. The molecule has 0 radical (unpaired) electrons. The van der Waals surface area contributed by atoms with Crippen LogP contribution >= 0.6 is 0 Å². The second-order valence-corrected chi connectivity index (χ2v) is 8.45. The maximum atomic E-state index is 12.9. The molecule has 0 spiro atoms. The number of nitrogens with one attached hydrogen (secondary N) is 1. The van der Waals surface area contributed by atoms with Gasteiger partial charge in [-0.25, -0.2) is 0 Å². The van der Waals surface area contributed by atoms with Gasteiger partial charge in [-0.15, -0.1) is 0 Å². The number of fused-ring (bicyclic) bond motifs is 1. The summed E-state index contributed by atoms with van der Waals surface area (Å²) < 4.78 is 5.35. The number of benzene rings is 1. The Labute approximate surface area is 177 Å². The number of ether oxygens (including phenoxy) is 1. The molecule has 0 aromatic heterocycles. The SMILES string of the molecule is O=C(NCCCCN1CCOCC1)c1ccc2c(c1)C(=O)N(C1CCCCC1)C2=O. The lowest BCUT2D eigenvalue weighted by atomic mass is 9.94. The number of carbonyl (C=O) groups is 3. The molecule has 2 fully saturated rings. The van der Waals surface area contributed by atoms with Gasteiger partial charge in [-0.3, -0.25) is 24.2 Å². The normalized spacial score (nSPS) is 20.5. The molecule has 0 unspecified atom stereocenters. The van der Waals surface area contributed by atoms with Crippen LogP contribution in [0.3, 0.4) is 0 Å². The first-order valence-corrected chi connectivity index (χ1v) is 11.3. The summed E-state index contributed by atoms with van der Waals surface area (Å²) in [5.41, 5.74) is 1.23. The van der Waals surface area contributed by atoms with Crippen LogP contribution in [0.1, 0.15) is 76.0 Å². The van der Waals surface area contributed by atoms with Crippen LogP contribution in [-0.4, -0.2) is 73.0 Å². The number of carbonyl (C=O) groups excluding carboxylic acids is 3. The highest BCUT2D eigenvalue weighted by atomic mass is 16.5. The standard InChI is InChI=1S/C23H31N3O4/c27-21(24-10-4-5-11-25-12-14-30-15-13-25)17-8-9-19-20(16-17)23(29)26(22(19)28)18-6-2-1-3-7-18/h8-9,16,18H,1-7,10-15H2,(H,24,27). The summed E-state index contributed by atoms with van der Waals surface area (Å²) in [5, 5.41) is 2.94. The van der Waals surface area contributed by atoms with Gasteiger partial charge in [0.25, 0.3) is 17.7 Å². The summed E-state index contributed by atoms with van der Waals surface area (Å²) in [6.45, 7) is 5.17. The molecule has 3 amide bonds. The van der Waals surface area contributed by atoms with Crippen LogP contribution in [0.2, 0.25) is 0 Å². The first-order valence-electron chi connectivity index (χ1n) is 11.3. The van der Waals surface area contributed by atoms with Crippen molar-refractivity contribution in [2.75, 3.05) is 39.4 Å². The Balaban J connectivity index is 1.30. The highest BCUT2D eigenvalue weighted by Crippen LogP contribution is 2.31. The summed E-state index contributed by atoms with van der Waals surface area (Å²) in [5.74, 6) is -0.653. The zero-order chi connectivity index (χ0) is 20.9. The van der Waals surface area contributed by atoms with Crippen molar-refractivity contribution in [3.63, 3.8) is 0 Å². The Morgan fingerprint density at radius 2 is 1.73 bits per heavy atom. The molecule has 3 aliphatic rings. The molecule has 7 nitrogen and oxygen atoms in total. The van der Waals surface area contributed by atoms with Crippen LogP contribution in [0.15, 0.2) is 18.2 Å². The van der Waals surface area contributed by atoms with E-state index in [4.69, 9.17) is 4.74 Å². The van der Waals surface area contributed by atoms with E-state index in [1.807, 2.05) is 0 Å². The summed E-state index contributed by atoms with van der Waals surface area (Å²) in [6, 6.07) is 4.86. The summed E-state index contributed by atoms with van der Waals surface area (Å²) in [6.07, 6.45) is 6.95. The lowest BCUT2D eigenvalue weighted by Gasteiger charge is -2.29. The molecule has 1 aromatic rings. The van der Waals surface area contributed by atoms with Crippen molar-refractivity contribution in [1.29, 1.82) is 0 Å². The number of imide groups is 1. The van der Waals surface area contributed by atoms with Gasteiger partial charge in [0.05, 0.1) is 24.3 Å². The van der Waals surface area contributed by atoms with Crippen LogP contribution in [-0.2, 0) is 4.74 Å². The molecule has 1 N–H and O–H groups in total. The molecule has 162 valence electrons. The van der Waals surface area contributed by atoms with E-state index in [0.29, 0.717) is 23.2 Å². The average Bonchev–Trinajstić information content (AvgIpc) is 3.04. The van der Waals surface area contributed by atoms with Crippen molar-refractivity contribution in [2.45, 2.75) is 51.0 Å². The number of hydrogen-bond acceptors (Lipinski definition) is 5. The fourth-order valence-electron chi connectivity index (χ4n) is 4.66. The number of unbranched alkanes of at least 4 members (excludes halogenated alkanes) is 1. The zero-order valence-corrected chi connectivity index (χ0v) is 17.5. The Bertz CT molecular complexity index is 798. The highest BCUT2D eigenvalue weighted by molar-refractivity contribution is 6.22. The van der Waals surface area contributed by atoms with Crippen LogP contribution in [0.5, 0.6) is 0 Å². The fourth-order valence-corrected chi connectivity index (χ4v) is 4.66.